The van der Waals surface area contributed by atoms with Crippen LogP contribution in [0, 0.1) is 0 Å². The van der Waals surface area contributed by atoms with Gasteiger partial charge in [0.25, 0.3) is 5.91 Å². The summed E-state index contributed by atoms with van der Waals surface area (Å²) in [4.78, 5) is 12.9. The minimum atomic E-state index is -0.0771. The van der Waals surface area contributed by atoms with E-state index in [-0.39, 0.29) is 24.4 Å². The van der Waals surface area contributed by atoms with Crippen molar-refractivity contribution in [3.05, 3.63) is 51.7 Å². The Morgan fingerprint density at radius 3 is 3.05 bits per heavy atom. The molecular weight excluding hydrogens is 320 g/mol. The molecule has 1 aliphatic heterocycles. The normalized spacial score (nSPS) is 16.3. The molecule has 1 aromatic heterocycles. The van der Waals surface area contributed by atoms with Gasteiger partial charge in [-0.3, -0.25) is 4.79 Å². The maximum absolute atomic E-state index is 12.2. The summed E-state index contributed by atoms with van der Waals surface area (Å²) in [7, 11) is 1.58. The molecule has 0 fully saturated rings. The molecule has 118 valence electrons. The van der Waals surface area contributed by atoms with Crippen LogP contribution in [0.15, 0.2) is 35.7 Å². The Morgan fingerprint density at radius 1 is 1.41 bits per heavy atom. The molecule has 1 aliphatic rings. The fraction of sp³-hybridized carbons (Fsp3) is 0.312. The number of hydrogen-bond donors (Lipinski definition) is 2. The van der Waals surface area contributed by atoms with E-state index in [0.29, 0.717) is 17.2 Å². The number of thiophene rings is 1. The van der Waals surface area contributed by atoms with Crippen molar-refractivity contribution in [2.75, 3.05) is 20.2 Å². The van der Waals surface area contributed by atoms with Crippen molar-refractivity contribution in [2.45, 2.75) is 12.5 Å². The molecule has 2 aromatic rings. The Hall–Kier alpha value is -1.56. The first kappa shape index (κ1) is 16.8. The summed E-state index contributed by atoms with van der Waals surface area (Å²) in [6, 6.07) is 10.4. The number of benzene rings is 1. The van der Waals surface area contributed by atoms with E-state index in [1.807, 2.05) is 17.5 Å². The van der Waals surface area contributed by atoms with Gasteiger partial charge in [0.1, 0.15) is 10.6 Å². The largest absolute Gasteiger partial charge is 0.495 e. The molecule has 2 N–H and O–H groups in total. The van der Waals surface area contributed by atoms with Crippen molar-refractivity contribution in [2.24, 2.45) is 0 Å². The molecule has 2 heterocycles. The van der Waals surface area contributed by atoms with Gasteiger partial charge in [-0.1, -0.05) is 24.3 Å². The lowest BCUT2D eigenvalue weighted by Gasteiger charge is -2.27. The Labute approximate surface area is 140 Å². The lowest BCUT2D eigenvalue weighted by molar-refractivity contribution is 0.0950. The van der Waals surface area contributed by atoms with Crippen LogP contribution in [-0.4, -0.2) is 26.1 Å². The predicted molar refractivity (Wildman–Crippen MR) is 91.3 cm³/mol. The number of amides is 1. The lowest BCUT2D eigenvalue weighted by atomic mass is 9.94. The number of methoxy groups -OCH3 is 1. The zero-order valence-electron chi connectivity index (χ0n) is 12.3. The zero-order valence-corrected chi connectivity index (χ0v) is 13.9. The highest BCUT2D eigenvalue weighted by molar-refractivity contribution is 7.12. The number of carbonyl (C=O) groups excluding carboxylic acids is 1. The molecule has 1 unspecified atom stereocenters. The Balaban J connectivity index is 0.00000176. The van der Waals surface area contributed by atoms with Crippen molar-refractivity contribution in [3.63, 3.8) is 0 Å². The molecule has 6 heteroatoms. The fourth-order valence-corrected chi connectivity index (χ4v) is 3.45. The van der Waals surface area contributed by atoms with Crippen LogP contribution in [0.2, 0.25) is 0 Å². The first-order chi connectivity index (χ1) is 10.3. The third kappa shape index (κ3) is 3.43. The van der Waals surface area contributed by atoms with E-state index < -0.39 is 0 Å². The Kier molecular flexibility index (Phi) is 5.83. The molecule has 0 aliphatic carbocycles. The van der Waals surface area contributed by atoms with Crippen molar-refractivity contribution in [1.82, 2.24) is 10.6 Å². The molecule has 4 nitrogen and oxygen atoms in total. The van der Waals surface area contributed by atoms with Crippen LogP contribution in [0.4, 0.5) is 0 Å². The van der Waals surface area contributed by atoms with E-state index in [1.165, 1.54) is 22.5 Å². The average molecular weight is 339 g/mol. The Bertz CT molecular complexity index is 645. The maximum atomic E-state index is 12.2. The monoisotopic (exact) mass is 338 g/mol. The first-order valence-electron chi connectivity index (χ1n) is 7.00. The van der Waals surface area contributed by atoms with E-state index in [9.17, 15) is 4.79 Å². The summed E-state index contributed by atoms with van der Waals surface area (Å²) < 4.78 is 5.19. The minimum Gasteiger partial charge on any atom is -0.495 e. The van der Waals surface area contributed by atoms with E-state index >= 15 is 0 Å². The lowest BCUT2D eigenvalue weighted by Crippen LogP contribution is -2.38. The summed E-state index contributed by atoms with van der Waals surface area (Å²) >= 11 is 1.40. The van der Waals surface area contributed by atoms with Gasteiger partial charge in [-0.05, 0) is 35.5 Å². The van der Waals surface area contributed by atoms with Gasteiger partial charge >= 0.3 is 0 Å². The van der Waals surface area contributed by atoms with Crippen LogP contribution in [0.3, 0.4) is 0 Å². The van der Waals surface area contributed by atoms with E-state index in [2.05, 4.69) is 28.8 Å². The second kappa shape index (κ2) is 7.63. The van der Waals surface area contributed by atoms with Crippen LogP contribution >= 0.6 is 23.7 Å². The SMILES string of the molecule is COc1ccsc1C(=O)NCC1NCCc2ccccc21.Cl. The number of halogens is 1. The van der Waals surface area contributed by atoms with Gasteiger partial charge in [0.15, 0.2) is 0 Å². The number of carbonyl (C=O) groups is 1. The van der Waals surface area contributed by atoms with Gasteiger partial charge in [0, 0.05) is 12.6 Å². The number of fused-ring (bicyclic) bond motifs is 1. The molecular formula is C16H19ClN2O2S. The predicted octanol–water partition coefficient (Wildman–Crippen LogP) is 2.80. The zero-order chi connectivity index (χ0) is 14.7. The smallest absolute Gasteiger partial charge is 0.265 e. The average Bonchev–Trinajstić information content (AvgIpc) is 3.01. The van der Waals surface area contributed by atoms with Crippen molar-refractivity contribution >= 4 is 29.7 Å². The van der Waals surface area contributed by atoms with Gasteiger partial charge in [-0.25, -0.2) is 0 Å². The molecule has 1 atom stereocenters. The molecule has 0 saturated carbocycles. The number of nitrogens with one attached hydrogen (secondary N) is 2. The molecule has 0 spiro atoms. The van der Waals surface area contributed by atoms with Gasteiger partial charge in [0.2, 0.25) is 0 Å². The number of rotatable bonds is 4. The van der Waals surface area contributed by atoms with Crippen LogP contribution in [0.1, 0.15) is 26.8 Å². The highest BCUT2D eigenvalue weighted by Crippen LogP contribution is 2.25. The third-order valence-corrected chi connectivity index (χ3v) is 4.63. The fourth-order valence-electron chi connectivity index (χ4n) is 2.67. The summed E-state index contributed by atoms with van der Waals surface area (Å²) in [6.45, 7) is 1.52. The second-order valence-electron chi connectivity index (χ2n) is 4.98. The van der Waals surface area contributed by atoms with Crippen LogP contribution in [-0.2, 0) is 6.42 Å². The summed E-state index contributed by atoms with van der Waals surface area (Å²) in [5.74, 6) is 0.557. The highest BCUT2D eigenvalue weighted by Gasteiger charge is 2.21. The molecule has 0 radical (unpaired) electrons. The Morgan fingerprint density at radius 2 is 2.23 bits per heavy atom. The first-order valence-corrected chi connectivity index (χ1v) is 7.88. The number of ether oxygens (including phenoxy) is 1. The molecule has 3 rings (SSSR count). The molecule has 0 saturated heterocycles. The van der Waals surface area contributed by atoms with Gasteiger partial charge < -0.3 is 15.4 Å². The topological polar surface area (TPSA) is 50.4 Å². The summed E-state index contributed by atoms with van der Waals surface area (Å²) in [5.41, 5.74) is 2.64. The minimum absolute atomic E-state index is 0. The van der Waals surface area contributed by atoms with Crippen LogP contribution in [0.25, 0.3) is 0 Å². The molecule has 22 heavy (non-hydrogen) atoms. The van der Waals surface area contributed by atoms with Gasteiger partial charge in [0.05, 0.1) is 7.11 Å². The quantitative estimate of drug-likeness (QED) is 0.901. The van der Waals surface area contributed by atoms with Gasteiger partial charge in [-0.15, -0.1) is 23.7 Å². The molecule has 1 aromatic carbocycles. The standard InChI is InChI=1S/C16H18N2O2S.ClH/c1-20-14-7-9-21-15(14)16(19)18-10-13-12-5-3-2-4-11(12)6-8-17-13;/h2-5,7,9,13,17H,6,8,10H2,1H3,(H,18,19);1H. The summed E-state index contributed by atoms with van der Waals surface area (Å²) in [6.07, 6.45) is 1.04. The number of hydrogen-bond acceptors (Lipinski definition) is 4. The highest BCUT2D eigenvalue weighted by atomic mass is 35.5. The second-order valence-corrected chi connectivity index (χ2v) is 5.90. The van der Waals surface area contributed by atoms with Crippen molar-refractivity contribution in [3.8, 4) is 5.75 Å². The third-order valence-electron chi connectivity index (χ3n) is 3.74. The molecule has 1 amide bonds. The molecule has 0 bridgehead atoms. The van der Waals surface area contributed by atoms with Crippen molar-refractivity contribution in [1.29, 1.82) is 0 Å². The van der Waals surface area contributed by atoms with E-state index in [1.54, 1.807) is 7.11 Å². The van der Waals surface area contributed by atoms with Gasteiger partial charge in [-0.2, -0.15) is 0 Å². The van der Waals surface area contributed by atoms with Crippen molar-refractivity contribution < 1.29 is 9.53 Å². The van der Waals surface area contributed by atoms with E-state index in [0.717, 1.165) is 13.0 Å². The van der Waals surface area contributed by atoms with E-state index in [4.69, 9.17) is 4.74 Å². The van der Waals surface area contributed by atoms with Crippen LogP contribution in [0.5, 0.6) is 5.75 Å². The maximum Gasteiger partial charge on any atom is 0.265 e. The summed E-state index contributed by atoms with van der Waals surface area (Å²) in [5, 5.41) is 8.32. The van der Waals surface area contributed by atoms with Crippen LogP contribution < -0.4 is 15.4 Å².